The van der Waals surface area contributed by atoms with Crippen molar-refractivity contribution < 1.29 is 14.3 Å². The highest BCUT2D eigenvalue weighted by atomic mass is 16.5. The number of rotatable bonds is 5. The summed E-state index contributed by atoms with van der Waals surface area (Å²) in [5.41, 5.74) is -0.0729. The van der Waals surface area contributed by atoms with Gasteiger partial charge in [-0.1, -0.05) is 31.5 Å². The van der Waals surface area contributed by atoms with Gasteiger partial charge in [0.2, 0.25) is 0 Å². The number of benzene rings is 1. The number of fused-ring (bicyclic) bond motifs is 1. The minimum atomic E-state index is -1.65. The third-order valence-electron chi connectivity index (χ3n) is 4.54. The van der Waals surface area contributed by atoms with E-state index in [0.717, 1.165) is 18.4 Å². The molecule has 26 heavy (non-hydrogen) atoms. The van der Waals surface area contributed by atoms with Gasteiger partial charge in [0.1, 0.15) is 0 Å². The highest BCUT2D eigenvalue weighted by Crippen LogP contribution is 2.36. The third kappa shape index (κ3) is 3.14. The highest BCUT2D eigenvalue weighted by Gasteiger charge is 2.51. The predicted octanol–water partition coefficient (Wildman–Crippen LogP) is 3.31. The summed E-state index contributed by atoms with van der Waals surface area (Å²) in [6.45, 7) is 5.95. The highest BCUT2D eigenvalue weighted by molar-refractivity contribution is 6.19. The summed E-state index contributed by atoms with van der Waals surface area (Å²) < 4.78 is 5.85. The van der Waals surface area contributed by atoms with Gasteiger partial charge in [0, 0.05) is 18.4 Å². The number of para-hydroxylation sites is 1. The molecule has 136 valence electrons. The number of ether oxygens (including phenoxy) is 1. The average Bonchev–Trinajstić information content (AvgIpc) is 2.64. The summed E-state index contributed by atoms with van der Waals surface area (Å²) in [6, 6.07) is 10.9. The number of hydrogen-bond donors (Lipinski definition) is 1. The van der Waals surface area contributed by atoms with Crippen molar-refractivity contribution in [1.29, 1.82) is 0 Å². The standard InChI is InChI=1S/C20H23N3O3/c1-4-5-13-23-17-16(11-8-12-21-17)26-20(3,19(23)25)18(24)22-15-10-7-6-9-14(15)2/h6-12H,4-5,13H2,1-3H3,(H,22,24). The van der Waals surface area contributed by atoms with Gasteiger partial charge < -0.3 is 10.1 Å². The lowest BCUT2D eigenvalue weighted by molar-refractivity contribution is -0.145. The van der Waals surface area contributed by atoms with Gasteiger partial charge in [-0.3, -0.25) is 14.5 Å². The van der Waals surface area contributed by atoms with Crippen molar-refractivity contribution in [3.63, 3.8) is 0 Å². The van der Waals surface area contributed by atoms with Crippen molar-refractivity contribution >= 4 is 23.3 Å². The van der Waals surface area contributed by atoms with E-state index in [4.69, 9.17) is 4.74 Å². The zero-order chi connectivity index (χ0) is 18.7. The molecule has 6 nitrogen and oxygen atoms in total. The maximum Gasteiger partial charge on any atom is 0.282 e. The topological polar surface area (TPSA) is 71.5 Å². The smallest absolute Gasteiger partial charge is 0.282 e. The average molecular weight is 353 g/mol. The van der Waals surface area contributed by atoms with E-state index in [-0.39, 0.29) is 0 Å². The number of hydrogen-bond acceptors (Lipinski definition) is 4. The lowest BCUT2D eigenvalue weighted by atomic mass is 10.00. The monoisotopic (exact) mass is 353 g/mol. The van der Waals surface area contributed by atoms with Gasteiger partial charge in [0.25, 0.3) is 17.4 Å². The summed E-state index contributed by atoms with van der Waals surface area (Å²) in [6.07, 6.45) is 3.36. The zero-order valence-corrected chi connectivity index (χ0v) is 15.3. The number of unbranched alkanes of at least 4 members (excludes halogenated alkanes) is 1. The predicted molar refractivity (Wildman–Crippen MR) is 100 cm³/mol. The molecule has 1 atom stereocenters. The fourth-order valence-electron chi connectivity index (χ4n) is 2.90. The minimum Gasteiger partial charge on any atom is -0.464 e. The molecule has 2 heterocycles. The Balaban J connectivity index is 1.94. The molecule has 1 aromatic heterocycles. The molecular formula is C20H23N3O3. The maximum absolute atomic E-state index is 13.1. The summed E-state index contributed by atoms with van der Waals surface area (Å²) >= 11 is 0. The fraction of sp³-hybridized carbons (Fsp3) is 0.350. The van der Waals surface area contributed by atoms with Crippen LogP contribution < -0.4 is 15.0 Å². The SMILES string of the molecule is CCCCN1C(=O)C(C)(C(=O)Nc2ccccc2C)Oc2cccnc21. The van der Waals surface area contributed by atoms with Crippen molar-refractivity contribution in [2.45, 2.75) is 39.2 Å². The normalized spacial score (nSPS) is 18.9. The van der Waals surface area contributed by atoms with Crippen LogP contribution in [0.4, 0.5) is 11.5 Å². The first-order chi connectivity index (χ1) is 12.5. The van der Waals surface area contributed by atoms with Crippen LogP contribution in [0.5, 0.6) is 5.75 Å². The Morgan fingerprint density at radius 2 is 2.04 bits per heavy atom. The Morgan fingerprint density at radius 1 is 1.27 bits per heavy atom. The largest absolute Gasteiger partial charge is 0.464 e. The van der Waals surface area contributed by atoms with E-state index in [2.05, 4.69) is 10.3 Å². The van der Waals surface area contributed by atoms with E-state index in [1.54, 1.807) is 29.3 Å². The number of anilines is 2. The number of aryl methyl sites for hydroxylation is 1. The molecule has 1 N–H and O–H groups in total. The van der Waals surface area contributed by atoms with Gasteiger partial charge in [-0.25, -0.2) is 4.98 Å². The second-order valence-electron chi connectivity index (χ2n) is 6.54. The Labute approximate surface area is 153 Å². The second-order valence-corrected chi connectivity index (χ2v) is 6.54. The molecule has 1 aliphatic rings. The quantitative estimate of drug-likeness (QED) is 0.837. The molecule has 0 saturated carbocycles. The minimum absolute atomic E-state index is 0.400. The van der Waals surface area contributed by atoms with Crippen molar-refractivity contribution in [2.24, 2.45) is 0 Å². The summed E-state index contributed by atoms with van der Waals surface area (Å²) in [7, 11) is 0. The number of carbonyl (C=O) groups is 2. The summed E-state index contributed by atoms with van der Waals surface area (Å²) in [4.78, 5) is 31.9. The van der Waals surface area contributed by atoms with Gasteiger partial charge in [0.15, 0.2) is 11.6 Å². The Kier molecular flexibility index (Phi) is 4.93. The van der Waals surface area contributed by atoms with Gasteiger partial charge in [-0.2, -0.15) is 0 Å². The van der Waals surface area contributed by atoms with Crippen molar-refractivity contribution in [2.75, 3.05) is 16.8 Å². The molecule has 2 amide bonds. The van der Waals surface area contributed by atoms with Crippen LogP contribution in [0.3, 0.4) is 0 Å². The molecule has 2 aromatic rings. The Hall–Kier alpha value is -2.89. The van der Waals surface area contributed by atoms with Crippen molar-refractivity contribution in [3.05, 3.63) is 48.2 Å². The number of pyridine rings is 1. The maximum atomic E-state index is 13.1. The molecule has 0 spiro atoms. The van der Waals surface area contributed by atoms with Crippen molar-refractivity contribution in [1.82, 2.24) is 4.98 Å². The molecule has 0 radical (unpaired) electrons. The van der Waals surface area contributed by atoms with Gasteiger partial charge >= 0.3 is 0 Å². The molecule has 6 heteroatoms. The molecular weight excluding hydrogens is 330 g/mol. The van der Waals surface area contributed by atoms with E-state index in [1.165, 1.54) is 6.92 Å². The van der Waals surface area contributed by atoms with Crippen molar-refractivity contribution in [3.8, 4) is 5.75 Å². The number of amides is 2. The van der Waals surface area contributed by atoms with Gasteiger partial charge in [-0.05, 0) is 44.0 Å². The van der Waals surface area contributed by atoms with Crippen LogP contribution in [0.1, 0.15) is 32.3 Å². The number of nitrogens with zero attached hydrogens (tertiary/aromatic N) is 2. The van der Waals surface area contributed by atoms with Gasteiger partial charge in [-0.15, -0.1) is 0 Å². The second kappa shape index (κ2) is 7.15. The molecule has 0 aliphatic carbocycles. The molecule has 0 bridgehead atoms. The van der Waals surface area contributed by atoms with E-state index in [9.17, 15) is 9.59 Å². The molecule has 3 rings (SSSR count). The Bertz CT molecular complexity index is 837. The first-order valence-corrected chi connectivity index (χ1v) is 8.80. The van der Waals surface area contributed by atoms with Crippen LogP contribution in [0.25, 0.3) is 0 Å². The van der Waals surface area contributed by atoms with E-state index in [0.29, 0.717) is 23.8 Å². The van der Waals surface area contributed by atoms with E-state index in [1.807, 2.05) is 32.0 Å². The molecule has 1 aromatic carbocycles. The number of aromatic nitrogens is 1. The van der Waals surface area contributed by atoms with Crippen LogP contribution in [0.15, 0.2) is 42.6 Å². The van der Waals surface area contributed by atoms with Crippen LogP contribution in [0, 0.1) is 6.92 Å². The third-order valence-corrected chi connectivity index (χ3v) is 4.54. The molecule has 0 saturated heterocycles. The molecule has 1 aliphatic heterocycles. The number of carbonyl (C=O) groups excluding carboxylic acids is 2. The Morgan fingerprint density at radius 3 is 2.77 bits per heavy atom. The molecule has 1 unspecified atom stereocenters. The van der Waals surface area contributed by atoms with E-state index >= 15 is 0 Å². The lowest BCUT2D eigenvalue weighted by Gasteiger charge is -2.38. The van der Waals surface area contributed by atoms with Crippen LogP contribution >= 0.6 is 0 Å². The lowest BCUT2D eigenvalue weighted by Crippen LogP contribution is -2.61. The first kappa shape index (κ1) is 17.9. The van der Waals surface area contributed by atoms with Gasteiger partial charge in [0.05, 0.1) is 0 Å². The fourth-order valence-corrected chi connectivity index (χ4v) is 2.90. The van der Waals surface area contributed by atoms with Crippen LogP contribution in [0.2, 0.25) is 0 Å². The van der Waals surface area contributed by atoms with E-state index < -0.39 is 17.4 Å². The summed E-state index contributed by atoms with van der Waals surface area (Å²) in [5.74, 6) is 0.00814. The van der Waals surface area contributed by atoms with Crippen LogP contribution in [-0.2, 0) is 9.59 Å². The number of nitrogens with one attached hydrogen (secondary N) is 1. The molecule has 0 fully saturated rings. The zero-order valence-electron chi connectivity index (χ0n) is 15.3. The van der Waals surface area contributed by atoms with Crippen LogP contribution in [-0.4, -0.2) is 28.9 Å². The first-order valence-electron chi connectivity index (χ1n) is 8.80. The summed E-state index contributed by atoms with van der Waals surface area (Å²) in [5, 5.41) is 2.83.